The van der Waals surface area contributed by atoms with Crippen molar-refractivity contribution in [3.63, 3.8) is 0 Å². The molecule has 3 nitrogen and oxygen atoms in total. The Morgan fingerprint density at radius 3 is 2.69 bits per heavy atom. The lowest BCUT2D eigenvalue weighted by molar-refractivity contribution is 0.246. The Labute approximate surface area is 98.8 Å². The van der Waals surface area contributed by atoms with Crippen LogP contribution in [-0.4, -0.2) is 12.6 Å². The van der Waals surface area contributed by atoms with Crippen molar-refractivity contribution >= 4 is 17.6 Å². The van der Waals surface area contributed by atoms with E-state index in [4.69, 9.17) is 17.3 Å². The molecule has 2 amide bonds. The van der Waals surface area contributed by atoms with Crippen molar-refractivity contribution in [3.8, 4) is 0 Å². The third-order valence-corrected chi connectivity index (χ3v) is 2.70. The molecule has 0 heterocycles. The molecule has 3 N–H and O–H groups in total. The summed E-state index contributed by atoms with van der Waals surface area (Å²) in [6.45, 7) is 4.18. The van der Waals surface area contributed by atoms with Crippen molar-refractivity contribution in [1.29, 1.82) is 0 Å². The van der Waals surface area contributed by atoms with E-state index in [0.717, 1.165) is 5.56 Å². The number of primary amides is 1. The van der Waals surface area contributed by atoms with Crippen molar-refractivity contribution in [2.24, 2.45) is 5.73 Å². The molecule has 5 heteroatoms. The van der Waals surface area contributed by atoms with E-state index >= 15 is 0 Å². The van der Waals surface area contributed by atoms with Gasteiger partial charge in [-0.25, -0.2) is 9.18 Å². The quantitative estimate of drug-likeness (QED) is 0.843. The van der Waals surface area contributed by atoms with Gasteiger partial charge in [-0.1, -0.05) is 31.5 Å². The highest BCUT2D eigenvalue weighted by Gasteiger charge is 2.21. The first kappa shape index (κ1) is 12.8. The van der Waals surface area contributed by atoms with E-state index in [1.165, 1.54) is 6.07 Å². The average Bonchev–Trinajstić information content (AvgIpc) is 2.19. The summed E-state index contributed by atoms with van der Waals surface area (Å²) in [5.41, 5.74) is 5.48. The number of hydrogen-bond donors (Lipinski definition) is 2. The van der Waals surface area contributed by atoms with Gasteiger partial charge in [-0.05, 0) is 17.7 Å². The van der Waals surface area contributed by atoms with Gasteiger partial charge in [-0.2, -0.15) is 0 Å². The number of carbonyl (C=O) groups excluding carboxylic acids is 1. The maximum Gasteiger partial charge on any atom is 0.312 e. The predicted molar refractivity (Wildman–Crippen MR) is 62.0 cm³/mol. The molecule has 88 valence electrons. The molecule has 0 bridgehead atoms. The molecule has 1 aromatic carbocycles. The van der Waals surface area contributed by atoms with E-state index in [1.807, 2.05) is 13.8 Å². The molecule has 0 aliphatic heterocycles. The molecule has 1 rings (SSSR count). The SMILES string of the molecule is CC(C)(CNC(N)=O)c1ccc(F)c(Cl)c1. The minimum Gasteiger partial charge on any atom is -0.352 e. The van der Waals surface area contributed by atoms with E-state index in [2.05, 4.69) is 5.32 Å². The van der Waals surface area contributed by atoms with Crippen molar-refractivity contribution in [3.05, 3.63) is 34.6 Å². The lowest BCUT2D eigenvalue weighted by atomic mass is 9.84. The molecule has 0 unspecified atom stereocenters. The number of rotatable bonds is 3. The summed E-state index contributed by atoms with van der Waals surface area (Å²) in [7, 11) is 0. The van der Waals surface area contributed by atoms with Crippen molar-refractivity contribution in [2.45, 2.75) is 19.3 Å². The minimum absolute atomic E-state index is 0.0738. The Morgan fingerprint density at radius 1 is 1.56 bits per heavy atom. The summed E-state index contributed by atoms with van der Waals surface area (Å²) < 4.78 is 13.0. The molecule has 0 radical (unpaired) electrons. The number of benzene rings is 1. The van der Waals surface area contributed by atoms with E-state index in [-0.39, 0.29) is 10.4 Å². The predicted octanol–water partition coefficient (Wildman–Crippen LogP) is 2.43. The van der Waals surface area contributed by atoms with Gasteiger partial charge in [0.2, 0.25) is 0 Å². The smallest absolute Gasteiger partial charge is 0.312 e. The molecular formula is C11H14ClFN2O. The molecule has 0 atom stereocenters. The van der Waals surface area contributed by atoms with Crippen LogP contribution in [0, 0.1) is 5.82 Å². The number of nitrogens with one attached hydrogen (secondary N) is 1. The van der Waals surface area contributed by atoms with Crippen LogP contribution in [0.3, 0.4) is 0 Å². The molecule has 0 aliphatic rings. The van der Waals surface area contributed by atoms with E-state index < -0.39 is 11.8 Å². The highest BCUT2D eigenvalue weighted by Crippen LogP contribution is 2.26. The second-order valence-corrected chi connectivity index (χ2v) is 4.64. The second kappa shape index (κ2) is 4.70. The number of carbonyl (C=O) groups is 1. The fraction of sp³-hybridized carbons (Fsp3) is 0.364. The molecule has 0 saturated carbocycles. The first-order chi connectivity index (χ1) is 7.33. The van der Waals surface area contributed by atoms with E-state index in [1.54, 1.807) is 12.1 Å². The summed E-state index contributed by atoms with van der Waals surface area (Å²) in [5.74, 6) is -0.455. The molecule has 0 aliphatic carbocycles. The van der Waals surface area contributed by atoms with Crippen LogP contribution in [0.1, 0.15) is 19.4 Å². The molecule has 1 aromatic rings. The van der Waals surface area contributed by atoms with Crippen LogP contribution in [-0.2, 0) is 5.41 Å². The summed E-state index contributed by atoms with van der Waals surface area (Å²) in [4.78, 5) is 10.6. The Balaban J connectivity index is 2.88. The summed E-state index contributed by atoms with van der Waals surface area (Å²) in [5, 5.41) is 2.59. The van der Waals surface area contributed by atoms with Gasteiger partial charge >= 0.3 is 6.03 Å². The largest absolute Gasteiger partial charge is 0.352 e. The molecule has 0 fully saturated rings. The fourth-order valence-electron chi connectivity index (χ4n) is 1.33. The lowest BCUT2D eigenvalue weighted by Crippen LogP contribution is -2.39. The van der Waals surface area contributed by atoms with Crippen LogP contribution in [0.5, 0.6) is 0 Å². The molecule has 0 aromatic heterocycles. The van der Waals surface area contributed by atoms with Crippen LogP contribution < -0.4 is 11.1 Å². The Kier molecular flexibility index (Phi) is 3.75. The third-order valence-electron chi connectivity index (χ3n) is 2.41. The van der Waals surface area contributed by atoms with Gasteiger partial charge in [0.05, 0.1) is 5.02 Å². The minimum atomic E-state index is -0.582. The van der Waals surface area contributed by atoms with Gasteiger partial charge in [-0.3, -0.25) is 0 Å². The first-order valence-electron chi connectivity index (χ1n) is 4.82. The van der Waals surface area contributed by atoms with Gasteiger partial charge in [0, 0.05) is 12.0 Å². The van der Waals surface area contributed by atoms with Crippen LogP contribution in [0.2, 0.25) is 5.02 Å². The normalized spacial score (nSPS) is 11.2. The van der Waals surface area contributed by atoms with Gasteiger partial charge in [0.25, 0.3) is 0 Å². The van der Waals surface area contributed by atoms with Crippen molar-refractivity contribution in [1.82, 2.24) is 5.32 Å². The zero-order valence-corrected chi connectivity index (χ0v) is 9.94. The van der Waals surface area contributed by atoms with E-state index in [9.17, 15) is 9.18 Å². The molecular weight excluding hydrogens is 231 g/mol. The number of halogens is 2. The average molecular weight is 245 g/mol. The Morgan fingerprint density at radius 2 is 2.19 bits per heavy atom. The first-order valence-corrected chi connectivity index (χ1v) is 5.19. The number of hydrogen-bond acceptors (Lipinski definition) is 1. The molecule has 0 spiro atoms. The maximum atomic E-state index is 13.0. The van der Waals surface area contributed by atoms with Crippen LogP contribution in [0.25, 0.3) is 0 Å². The third kappa shape index (κ3) is 3.10. The molecule has 0 saturated heterocycles. The Bertz CT molecular complexity index is 407. The monoisotopic (exact) mass is 244 g/mol. The lowest BCUT2D eigenvalue weighted by Gasteiger charge is -2.25. The number of amides is 2. The van der Waals surface area contributed by atoms with Gasteiger partial charge in [0.15, 0.2) is 0 Å². The van der Waals surface area contributed by atoms with Gasteiger partial charge < -0.3 is 11.1 Å². The zero-order chi connectivity index (χ0) is 12.3. The van der Waals surface area contributed by atoms with Crippen LogP contribution in [0.15, 0.2) is 18.2 Å². The highest BCUT2D eigenvalue weighted by molar-refractivity contribution is 6.30. The number of nitrogens with two attached hydrogens (primary N) is 1. The van der Waals surface area contributed by atoms with Crippen LogP contribution in [0.4, 0.5) is 9.18 Å². The second-order valence-electron chi connectivity index (χ2n) is 4.23. The highest BCUT2D eigenvalue weighted by atomic mass is 35.5. The van der Waals surface area contributed by atoms with Crippen LogP contribution >= 0.6 is 11.6 Å². The summed E-state index contributed by atoms with van der Waals surface area (Å²) in [6, 6.07) is 3.92. The van der Waals surface area contributed by atoms with E-state index in [0.29, 0.717) is 6.54 Å². The zero-order valence-electron chi connectivity index (χ0n) is 9.18. The standard InChI is InChI=1S/C11H14ClFN2O/c1-11(2,6-15-10(14)16)7-3-4-9(13)8(12)5-7/h3-5H,6H2,1-2H3,(H3,14,15,16). The maximum absolute atomic E-state index is 13.0. The Hall–Kier alpha value is -1.29. The van der Waals surface area contributed by atoms with Gasteiger partial charge in [-0.15, -0.1) is 0 Å². The van der Waals surface area contributed by atoms with Crippen molar-refractivity contribution < 1.29 is 9.18 Å². The fourth-order valence-corrected chi connectivity index (χ4v) is 1.51. The topological polar surface area (TPSA) is 55.1 Å². The van der Waals surface area contributed by atoms with Gasteiger partial charge in [0.1, 0.15) is 5.82 Å². The number of urea groups is 1. The molecule has 16 heavy (non-hydrogen) atoms. The summed E-state index contributed by atoms with van der Waals surface area (Å²) >= 11 is 5.70. The van der Waals surface area contributed by atoms with Crippen molar-refractivity contribution in [2.75, 3.05) is 6.54 Å². The summed E-state index contributed by atoms with van der Waals surface area (Å²) in [6.07, 6.45) is 0.